The van der Waals surface area contributed by atoms with E-state index in [1.165, 1.54) is 6.92 Å². The summed E-state index contributed by atoms with van der Waals surface area (Å²) in [6.45, 7) is 8.31. The predicted octanol–water partition coefficient (Wildman–Crippen LogP) is 3.35. The van der Waals surface area contributed by atoms with Crippen molar-refractivity contribution in [1.29, 1.82) is 0 Å². The van der Waals surface area contributed by atoms with E-state index in [4.69, 9.17) is 9.26 Å². The summed E-state index contributed by atoms with van der Waals surface area (Å²) >= 11 is 0. The number of sulfonamides is 1. The molecule has 1 aromatic heterocycles. The zero-order valence-electron chi connectivity index (χ0n) is 18.1. The third-order valence-corrected chi connectivity index (χ3v) is 6.89. The van der Waals surface area contributed by atoms with Gasteiger partial charge in [0.15, 0.2) is 5.82 Å². The average Bonchev–Trinajstić information content (AvgIpc) is 3.20. The van der Waals surface area contributed by atoms with Gasteiger partial charge in [-0.15, -0.1) is 0 Å². The van der Waals surface area contributed by atoms with Crippen molar-refractivity contribution in [3.05, 3.63) is 77.0 Å². The smallest absolute Gasteiger partial charge is 0.257 e. The molecule has 2 aromatic carbocycles. The van der Waals surface area contributed by atoms with Crippen LogP contribution in [0, 0.1) is 0 Å². The molecule has 1 unspecified atom stereocenters. The Bertz CT molecular complexity index is 1250. The first-order valence-electron chi connectivity index (χ1n) is 10.1. The maximum absolute atomic E-state index is 12.5. The molecule has 0 saturated heterocycles. The second-order valence-electron chi connectivity index (χ2n) is 8.38. The Morgan fingerprint density at radius 2 is 1.94 bits per heavy atom. The highest BCUT2D eigenvalue weighted by Crippen LogP contribution is 2.42. The van der Waals surface area contributed by atoms with E-state index in [-0.39, 0.29) is 4.91 Å². The van der Waals surface area contributed by atoms with E-state index in [9.17, 15) is 13.5 Å². The van der Waals surface area contributed by atoms with Gasteiger partial charge in [0.05, 0.1) is 6.04 Å². The SMILES string of the molecule is C=C(C)S(=O)(=O)NC1c2cc(-c3nc(Cc4ccccc4)no3)ccc2OC(C)(C)[C@H]1O. The lowest BCUT2D eigenvalue weighted by atomic mass is 9.86. The van der Waals surface area contributed by atoms with Crippen LogP contribution in [-0.2, 0) is 16.4 Å². The van der Waals surface area contributed by atoms with Crippen LogP contribution in [0.4, 0.5) is 0 Å². The van der Waals surface area contributed by atoms with Crippen LogP contribution in [0.3, 0.4) is 0 Å². The number of aliphatic hydroxyl groups excluding tert-OH is 1. The maximum Gasteiger partial charge on any atom is 0.257 e. The Morgan fingerprint density at radius 3 is 2.62 bits per heavy atom. The van der Waals surface area contributed by atoms with Crippen molar-refractivity contribution in [3.8, 4) is 17.2 Å². The fourth-order valence-electron chi connectivity index (χ4n) is 3.55. The van der Waals surface area contributed by atoms with Crippen molar-refractivity contribution >= 4 is 10.0 Å². The lowest BCUT2D eigenvalue weighted by Crippen LogP contribution is -2.53. The van der Waals surface area contributed by atoms with Crippen molar-refractivity contribution in [3.63, 3.8) is 0 Å². The molecule has 4 rings (SSSR count). The minimum absolute atomic E-state index is 0.0471. The summed E-state index contributed by atoms with van der Waals surface area (Å²) in [7, 11) is -3.84. The second kappa shape index (κ2) is 8.16. The van der Waals surface area contributed by atoms with E-state index < -0.39 is 27.8 Å². The van der Waals surface area contributed by atoms with Gasteiger partial charge < -0.3 is 14.4 Å². The highest BCUT2D eigenvalue weighted by molar-refractivity contribution is 7.93. The number of nitrogens with zero attached hydrogens (tertiary/aromatic N) is 2. The summed E-state index contributed by atoms with van der Waals surface area (Å²) < 4.78 is 38.9. The summed E-state index contributed by atoms with van der Waals surface area (Å²) in [6.07, 6.45) is -0.623. The molecule has 32 heavy (non-hydrogen) atoms. The van der Waals surface area contributed by atoms with Gasteiger partial charge in [-0.05, 0) is 44.5 Å². The van der Waals surface area contributed by atoms with Crippen molar-refractivity contribution in [2.45, 2.75) is 44.9 Å². The molecule has 0 bridgehead atoms. The number of allylic oxidation sites excluding steroid dienone is 1. The Balaban J connectivity index is 1.69. The summed E-state index contributed by atoms with van der Waals surface area (Å²) in [5, 5.41) is 14.9. The van der Waals surface area contributed by atoms with Crippen molar-refractivity contribution in [2.24, 2.45) is 0 Å². The zero-order valence-corrected chi connectivity index (χ0v) is 18.9. The number of ether oxygens (including phenoxy) is 1. The molecule has 3 aromatic rings. The number of aliphatic hydroxyl groups is 1. The van der Waals surface area contributed by atoms with Gasteiger partial charge in [0.2, 0.25) is 10.0 Å². The van der Waals surface area contributed by atoms with E-state index >= 15 is 0 Å². The summed E-state index contributed by atoms with van der Waals surface area (Å²) in [4.78, 5) is 4.42. The Labute approximate surface area is 187 Å². The number of rotatable bonds is 6. The van der Waals surface area contributed by atoms with Gasteiger partial charge in [-0.3, -0.25) is 0 Å². The number of benzene rings is 2. The first-order chi connectivity index (χ1) is 15.1. The number of aromatic nitrogens is 2. The third-order valence-electron chi connectivity index (χ3n) is 5.41. The molecule has 168 valence electrons. The topological polar surface area (TPSA) is 115 Å². The van der Waals surface area contributed by atoms with Crippen LogP contribution in [0.15, 0.2) is 64.5 Å². The van der Waals surface area contributed by atoms with E-state index in [1.54, 1.807) is 32.0 Å². The van der Waals surface area contributed by atoms with E-state index in [1.807, 2.05) is 30.3 Å². The molecule has 0 aliphatic carbocycles. The molecule has 2 atom stereocenters. The van der Waals surface area contributed by atoms with E-state index in [0.717, 1.165) is 5.56 Å². The molecular weight excluding hydrogens is 430 g/mol. The van der Waals surface area contributed by atoms with Gasteiger partial charge in [-0.1, -0.05) is 42.1 Å². The minimum Gasteiger partial charge on any atom is -0.485 e. The van der Waals surface area contributed by atoms with Crippen LogP contribution in [0.2, 0.25) is 0 Å². The summed E-state index contributed by atoms with van der Waals surface area (Å²) in [5.74, 6) is 1.28. The Kier molecular flexibility index (Phi) is 5.66. The molecule has 8 nitrogen and oxygen atoms in total. The highest BCUT2D eigenvalue weighted by Gasteiger charge is 2.44. The number of hydrogen-bond acceptors (Lipinski definition) is 7. The quantitative estimate of drug-likeness (QED) is 0.586. The van der Waals surface area contributed by atoms with Crippen molar-refractivity contribution in [2.75, 3.05) is 0 Å². The van der Waals surface area contributed by atoms with Gasteiger partial charge in [-0.25, -0.2) is 13.1 Å². The van der Waals surface area contributed by atoms with Crippen LogP contribution < -0.4 is 9.46 Å². The summed E-state index contributed by atoms with van der Waals surface area (Å²) in [5.41, 5.74) is 1.11. The van der Waals surface area contributed by atoms with Gasteiger partial charge >= 0.3 is 0 Å². The lowest BCUT2D eigenvalue weighted by Gasteiger charge is -2.42. The number of hydrogen-bond donors (Lipinski definition) is 2. The Morgan fingerprint density at radius 1 is 1.22 bits per heavy atom. The lowest BCUT2D eigenvalue weighted by molar-refractivity contribution is -0.0602. The first kappa shape index (κ1) is 22.2. The molecule has 9 heteroatoms. The molecule has 2 heterocycles. The molecule has 0 amide bonds. The standard InChI is InChI=1S/C23H25N3O5S/c1-14(2)32(28,29)26-20-17-13-16(10-11-18(17)30-23(3,4)21(20)27)22-24-19(25-31-22)12-15-8-6-5-7-9-15/h5-11,13,20-21,26-27H,1,12H2,2-4H3/t20?,21-/m0/s1. The van der Waals surface area contributed by atoms with E-state index in [2.05, 4.69) is 21.4 Å². The van der Waals surface area contributed by atoms with Crippen LogP contribution in [0.25, 0.3) is 11.5 Å². The van der Waals surface area contributed by atoms with Crippen LogP contribution >= 0.6 is 0 Å². The normalized spacial score (nSPS) is 19.8. The molecule has 1 aliphatic rings. The highest BCUT2D eigenvalue weighted by atomic mass is 32.2. The molecule has 0 radical (unpaired) electrons. The minimum atomic E-state index is -3.84. The molecule has 1 aliphatic heterocycles. The summed E-state index contributed by atoms with van der Waals surface area (Å²) in [6, 6.07) is 14.0. The molecule has 2 N–H and O–H groups in total. The van der Waals surface area contributed by atoms with Gasteiger partial charge in [0, 0.05) is 22.5 Å². The van der Waals surface area contributed by atoms with Crippen LogP contribution in [-0.4, -0.2) is 35.4 Å². The van der Waals surface area contributed by atoms with Crippen molar-refractivity contribution < 1.29 is 22.8 Å². The fraction of sp³-hybridized carbons (Fsp3) is 0.304. The number of fused-ring (bicyclic) bond motifs is 1. The van der Waals surface area contributed by atoms with Crippen LogP contribution in [0.5, 0.6) is 5.75 Å². The van der Waals surface area contributed by atoms with Gasteiger partial charge in [0.1, 0.15) is 17.5 Å². The first-order valence-corrected chi connectivity index (χ1v) is 11.6. The Hall–Kier alpha value is -3.01. The monoisotopic (exact) mass is 455 g/mol. The van der Waals surface area contributed by atoms with Gasteiger partial charge in [-0.2, -0.15) is 4.98 Å². The molecule has 0 saturated carbocycles. The molecular formula is C23H25N3O5S. The number of nitrogens with one attached hydrogen (secondary N) is 1. The van der Waals surface area contributed by atoms with Crippen molar-refractivity contribution in [1.82, 2.24) is 14.9 Å². The molecule has 0 fully saturated rings. The van der Waals surface area contributed by atoms with Crippen LogP contribution in [0.1, 0.15) is 43.8 Å². The average molecular weight is 456 g/mol. The molecule has 0 spiro atoms. The maximum atomic E-state index is 12.5. The zero-order chi connectivity index (χ0) is 23.1. The van der Waals surface area contributed by atoms with E-state index in [0.29, 0.717) is 35.0 Å². The third kappa shape index (κ3) is 4.32. The largest absolute Gasteiger partial charge is 0.485 e. The second-order valence-corrected chi connectivity index (χ2v) is 10.3. The van der Waals surface area contributed by atoms with Gasteiger partial charge in [0.25, 0.3) is 5.89 Å². The predicted molar refractivity (Wildman–Crippen MR) is 119 cm³/mol. The fourth-order valence-corrected chi connectivity index (χ4v) is 4.34.